The molecule has 4 heteroatoms. The van der Waals surface area contributed by atoms with Crippen LogP contribution in [0.15, 0.2) is 18.3 Å². The van der Waals surface area contributed by atoms with Crippen molar-refractivity contribution in [1.82, 2.24) is 4.98 Å². The number of aromatic nitrogens is 1. The molecule has 1 aromatic rings. The Morgan fingerprint density at radius 2 is 2.16 bits per heavy atom. The van der Waals surface area contributed by atoms with Crippen molar-refractivity contribution in [2.75, 3.05) is 11.9 Å². The number of esters is 1. The summed E-state index contributed by atoms with van der Waals surface area (Å²) in [7, 11) is 0. The van der Waals surface area contributed by atoms with Crippen LogP contribution in [-0.2, 0) is 4.74 Å². The molecule has 0 fully saturated rings. The number of carbonyl (C=O) groups is 1. The predicted octanol–water partition coefficient (Wildman–Crippen LogP) is 3.64. The van der Waals surface area contributed by atoms with Gasteiger partial charge in [-0.1, -0.05) is 26.2 Å². The lowest BCUT2D eigenvalue weighted by Crippen LogP contribution is -2.16. The van der Waals surface area contributed by atoms with Crippen LogP contribution in [-0.4, -0.2) is 23.6 Å². The number of hydrogen-bond donors (Lipinski definition) is 1. The van der Waals surface area contributed by atoms with E-state index in [1.807, 2.05) is 6.07 Å². The number of unbranched alkanes of at least 4 members (excludes halogenated alkanes) is 2. The summed E-state index contributed by atoms with van der Waals surface area (Å²) < 4.78 is 4.92. The lowest BCUT2D eigenvalue weighted by atomic mass is 10.1. The molecule has 0 radical (unpaired) electrons. The number of hydrogen-bond acceptors (Lipinski definition) is 4. The van der Waals surface area contributed by atoms with E-state index in [0.717, 1.165) is 12.2 Å². The van der Waals surface area contributed by atoms with E-state index in [-0.39, 0.29) is 5.97 Å². The summed E-state index contributed by atoms with van der Waals surface area (Å²) in [4.78, 5) is 15.7. The number of rotatable bonds is 8. The number of pyridine rings is 1. The fourth-order valence-corrected chi connectivity index (χ4v) is 1.84. The molecule has 1 N–H and O–H groups in total. The Morgan fingerprint density at radius 1 is 1.37 bits per heavy atom. The van der Waals surface area contributed by atoms with E-state index in [0.29, 0.717) is 18.2 Å². The van der Waals surface area contributed by atoms with Gasteiger partial charge in [-0.25, -0.2) is 9.78 Å². The van der Waals surface area contributed by atoms with Crippen LogP contribution in [0.3, 0.4) is 0 Å². The zero-order valence-electron chi connectivity index (χ0n) is 12.1. The topological polar surface area (TPSA) is 51.2 Å². The maximum Gasteiger partial charge on any atom is 0.339 e. The number of ether oxygens (including phenoxy) is 1. The minimum absolute atomic E-state index is 0.322. The molecular formula is C15H24N2O2. The van der Waals surface area contributed by atoms with Gasteiger partial charge in [-0.2, -0.15) is 0 Å². The summed E-state index contributed by atoms with van der Waals surface area (Å²) in [5, 5.41) is 3.34. The van der Waals surface area contributed by atoms with Crippen LogP contribution in [0.25, 0.3) is 0 Å². The molecular weight excluding hydrogens is 240 g/mol. The monoisotopic (exact) mass is 264 g/mol. The van der Waals surface area contributed by atoms with Gasteiger partial charge in [0.1, 0.15) is 5.82 Å². The van der Waals surface area contributed by atoms with Gasteiger partial charge in [0, 0.05) is 12.2 Å². The molecule has 1 atom stereocenters. The van der Waals surface area contributed by atoms with E-state index in [2.05, 4.69) is 24.1 Å². The fraction of sp³-hybridized carbons (Fsp3) is 0.600. The molecule has 0 aromatic carbocycles. The lowest BCUT2D eigenvalue weighted by Gasteiger charge is -2.14. The Hall–Kier alpha value is -1.58. The minimum Gasteiger partial charge on any atom is -0.462 e. The van der Waals surface area contributed by atoms with Crippen LogP contribution < -0.4 is 5.32 Å². The average molecular weight is 264 g/mol. The average Bonchev–Trinajstić information content (AvgIpc) is 2.40. The van der Waals surface area contributed by atoms with E-state index in [9.17, 15) is 4.79 Å². The second-order valence-electron chi connectivity index (χ2n) is 4.69. The summed E-state index contributed by atoms with van der Waals surface area (Å²) >= 11 is 0. The Labute approximate surface area is 115 Å². The molecule has 4 nitrogen and oxygen atoms in total. The first-order chi connectivity index (χ1) is 9.17. The Balaban J connectivity index is 2.45. The van der Waals surface area contributed by atoms with Gasteiger partial charge in [0.25, 0.3) is 0 Å². The molecule has 1 aromatic heterocycles. The van der Waals surface area contributed by atoms with Gasteiger partial charge in [-0.15, -0.1) is 0 Å². The highest BCUT2D eigenvalue weighted by Crippen LogP contribution is 2.11. The molecule has 0 aliphatic heterocycles. The smallest absolute Gasteiger partial charge is 0.339 e. The third-order valence-corrected chi connectivity index (χ3v) is 2.91. The van der Waals surface area contributed by atoms with Crippen molar-refractivity contribution < 1.29 is 9.53 Å². The molecule has 1 unspecified atom stereocenters. The summed E-state index contributed by atoms with van der Waals surface area (Å²) in [6.45, 7) is 6.52. The van der Waals surface area contributed by atoms with Crippen LogP contribution in [0, 0.1) is 0 Å². The summed E-state index contributed by atoms with van der Waals surface area (Å²) in [5.74, 6) is 0.481. The summed E-state index contributed by atoms with van der Waals surface area (Å²) in [6, 6.07) is 3.96. The normalized spacial score (nSPS) is 11.9. The predicted molar refractivity (Wildman–Crippen MR) is 77.4 cm³/mol. The summed E-state index contributed by atoms with van der Waals surface area (Å²) in [5.41, 5.74) is 0.492. The highest BCUT2D eigenvalue weighted by atomic mass is 16.5. The highest BCUT2D eigenvalue weighted by molar-refractivity contribution is 5.89. The van der Waals surface area contributed by atoms with Gasteiger partial charge in [0.05, 0.1) is 12.2 Å². The number of anilines is 1. The van der Waals surface area contributed by atoms with Gasteiger partial charge >= 0.3 is 5.97 Å². The molecule has 1 heterocycles. The van der Waals surface area contributed by atoms with E-state index >= 15 is 0 Å². The second-order valence-corrected chi connectivity index (χ2v) is 4.69. The molecule has 0 aliphatic rings. The van der Waals surface area contributed by atoms with Crippen molar-refractivity contribution in [3.05, 3.63) is 23.9 Å². The number of carbonyl (C=O) groups excluding carboxylic acids is 1. The number of nitrogens with one attached hydrogen (secondary N) is 1. The van der Waals surface area contributed by atoms with Crippen LogP contribution in [0.4, 0.5) is 5.82 Å². The third kappa shape index (κ3) is 5.73. The van der Waals surface area contributed by atoms with Crippen molar-refractivity contribution >= 4 is 11.8 Å². The van der Waals surface area contributed by atoms with E-state index in [4.69, 9.17) is 4.74 Å². The van der Waals surface area contributed by atoms with Crippen LogP contribution in [0.1, 0.15) is 56.8 Å². The van der Waals surface area contributed by atoms with E-state index in [1.165, 1.54) is 19.3 Å². The fourth-order valence-electron chi connectivity index (χ4n) is 1.84. The Kier molecular flexibility index (Phi) is 6.93. The van der Waals surface area contributed by atoms with Gasteiger partial charge in [-0.05, 0) is 32.4 Å². The molecule has 0 amide bonds. The van der Waals surface area contributed by atoms with Crippen LogP contribution >= 0.6 is 0 Å². The zero-order valence-corrected chi connectivity index (χ0v) is 12.1. The molecule has 0 saturated heterocycles. The summed E-state index contributed by atoms with van der Waals surface area (Å²) in [6.07, 6.45) is 6.42. The molecule has 0 saturated carbocycles. The van der Waals surface area contributed by atoms with Crippen LogP contribution in [0.5, 0.6) is 0 Å². The standard InChI is InChI=1S/C15H24N2O2/c1-4-6-7-8-12(3)17-14-10-9-13(11-16-14)15(18)19-5-2/h9-12H,4-8H2,1-3H3,(H,16,17). The van der Waals surface area contributed by atoms with E-state index in [1.54, 1.807) is 19.2 Å². The van der Waals surface area contributed by atoms with Crippen molar-refractivity contribution in [2.45, 2.75) is 52.5 Å². The van der Waals surface area contributed by atoms with Crippen molar-refractivity contribution in [3.8, 4) is 0 Å². The molecule has 1 rings (SSSR count). The zero-order chi connectivity index (χ0) is 14.1. The van der Waals surface area contributed by atoms with Crippen molar-refractivity contribution in [1.29, 1.82) is 0 Å². The van der Waals surface area contributed by atoms with Gasteiger partial charge < -0.3 is 10.1 Å². The molecule has 0 aliphatic carbocycles. The molecule has 0 bridgehead atoms. The van der Waals surface area contributed by atoms with Gasteiger partial charge in [0.15, 0.2) is 0 Å². The maximum atomic E-state index is 11.5. The third-order valence-electron chi connectivity index (χ3n) is 2.91. The lowest BCUT2D eigenvalue weighted by molar-refractivity contribution is 0.0526. The first-order valence-corrected chi connectivity index (χ1v) is 7.07. The van der Waals surface area contributed by atoms with E-state index < -0.39 is 0 Å². The quantitative estimate of drug-likeness (QED) is 0.575. The first-order valence-electron chi connectivity index (χ1n) is 7.07. The molecule has 106 valence electrons. The van der Waals surface area contributed by atoms with Gasteiger partial charge in [-0.3, -0.25) is 0 Å². The maximum absolute atomic E-state index is 11.5. The SMILES string of the molecule is CCCCCC(C)Nc1ccc(C(=O)OCC)cn1. The van der Waals surface area contributed by atoms with Crippen LogP contribution in [0.2, 0.25) is 0 Å². The van der Waals surface area contributed by atoms with Gasteiger partial charge in [0.2, 0.25) is 0 Å². The largest absolute Gasteiger partial charge is 0.462 e. The first kappa shape index (κ1) is 15.5. The van der Waals surface area contributed by atoms with Crippen molar-refractivity contribution in [3.63, 3.8) is 0 Å². The molecule has 0 spiro atoms. The Bertz CT molecular complexity index is 376. The molecule has 19 heavy (non-hydrogen) atoms. The number of nitrogens with zero attached hydrogens (tertiary/aromatic N) is 1. The highest BCUT2D eigenvalue weighted by Gasteiger charge is 2.07. The Morgan fingerprint density at radius 3 is 2.74 bits per heavy atom. The second kappa shape index (κ2) is 8.51. The van der Waals surface area contributed by atoms with Crippen molar-refractivity contribution in [2.24, 2.45) is 0 Å². The minimum atomic E-state index is -0.322.